The van der Waals surface area contributed by atoms with Crippen LogP contribution in [0.4, 0.5) is 32.0 Å². The lowest BCUT2D eigenvalue weighted by molar-refractivity contribution is -0.138. The Morgan fingerprint density at radius 2 is 1.52 bits per heavy atom. The van der Waals surface area contributed by atoms with Crippen LogP contribution in [0.2, 0.25) is 0 Å². The van der Waals surface area contributed by atoms with Gasteiger partial charge in [-0.2, -0.15) is 26.3 Å². The third-order valence-electron chi connectivity index (χ3n) is 3.40. The van der Waals surface area contributed by atoms with Crippen molar-refractivity contribution in [2.75, 3.05) is 0 Å². The Hall–Kier alpha value is -3.02. The molecule has 0 N–H and O–H groups in total. The van der Waals surface area contributed by atoms with Crippen LogP contribution in [-0.2, 0) is 12.4 Å². The molecule has 0 aliphatic rings. The fraction of sp³-hybridized carbons (Fsp3) is 0.125. The zero-order valence-electron chi connectivity index (χ0n) is 12.0. The molecule has 0 unspecified atom stereocenters. The van der Waals surface area contributed by atoms with Crippen molar-refractivity contribution < 1.29 is 30.8 Å². The first-order chi connectivity index (χ1) is 11.6. The summed E-state index contributed by atoms with van der Waals surface area (Å²) in [6.45, 7) is 6.85. The van der Waals surface area contributed by atoms with Crippen LogP contribution in [0, 0.1) is 6.57 Å². The molecule has 9 heteroatoms. The van der Waals surface area contributed by atoms with Crippen molar-refractivity contribution in [2.24, 2.45) is 0 Å². The van der Waals surface area contributed by atoms with Crippen molar-refractivity contribution in [3.05, 3.63) is 58.9 Å². The minimum absolute atomic E-state index is 0.0849. The lowest BCUT2D eigenvalue weighted by Crippen LogP contribution is -2.05. The Kier molecular flexibility index (Phi) is 3.71. The molecule has 25 heavy (non-hydrogen) atoms. The van der Waals surface area contributed by atoms with Crippen LogP contribution >= 0.6 is 0 Å². The molecule has 0 saturated heterocycles. The molecule has 3 aromatic rings. The average molecular weight is 356 g/mol. The molecular weight excluding hydrogens is 350 g/mol. The van der Waals surface area contributed by atoms with Gasteiger partial charge in [-0.15, -0.1) is 0 Å². The van der Waals surface area contributed by atoms with Crippen LogP contribution in [-0.4, -0.2) is 4.98 Å². The Bertz CT molecular complexity index is 977. The van der Waals surface area contributed by atoms with E-state index in [0.29, 0.717) is 0 Å². The first kappa shape index (κ1) is 16.8. The molecule has 0 bridgehead atoms. The summed E-state index contributed by atoms with van der Waals surface area (Å²) in [5, 5.41) is 0. The van der Waals surface area contributed by atoms with Gasteiger partial charge < -0.3 is 4.42 Å². The van der Waals surface area contributed by atoms with E-state index in [4.69, 9.17) is 11.0 Å². The van der Waals surface area contributed by atoms with Crippen molar-refractivity contribution in [2.45, 2.75) is 12.4 Å². The number of benzene rings is 2. The van der Waals surface area contributed by atoms with Gasteiger partial charge in [-0.1, -0.05) is 6.07 Å². The standard InChI is InChI=1S/C16H6F6N2O/c1-23-10-6-7-11-13(12(10)16(20,21)22)25-14(24-11)8-2-4-9(5-3-8)15(17,18)19/h2-7H. The molecule has 0 aliphatic heterocycles. The summed E-state index contributed by atoms with van der Waals surface area (Å²) in [5.41, 5.74) is -3.49. The molecular formula is C16H6F6N2O. The van der Waals surface area contributed by atoms with Crippen molar-refractivity contribution >= 4 is 16.8 Å². The highest BCUT2D eigenvalue weighted by atomic mass is 19.4. The second-order valence-corrected chi connectivity index (χ2v) is 5.01. The fourth-order valence-corrected chi connectivity index (χ4v) is 2.27. The summed E-state index contributed by atoms with van der Waals surface area (Å²) < 4.78 is 82.4. The number of nitrogens with zero attached hydrogens (tertiary/aromatic N) is 2. The topological polar surface area (TPSA) is 30.4 Å². The lowest BCUT2D eigenvalue weighted by Gasteiger charge is -2.08. The summed E-state index contributed by atoms with van der Waals surface area (Å²) in [6, 6.07) is 5.82. The maximum atomic E-state index is 13.2. The summed E-state index contributed by atoms with van der Waals surface area (Å²) in [4.78, 5) is 6.70. The van der Waals surface area contributed by atoms with E-state index >= 15 is 0 Å². The van der Waals surface area contributed by atoms with E-state index in [-0.39, 0.29) is 17.0 Å². The van der Waals surface area contributed by atoms with Crippen LogP contribution in [0.1, 0.15) is 11.1 Å². The highest BCUT2D eigenvalue weighted by Crippen LogP contribution is 2.42. The van der Waals surface area contributed by atoms with Gasteiger partial charge in [0.15, 0.2) is 5.58 Å². The summed E-state index contributed by atoms with van der Waals surface area (Å²) in [7, 11) is 0. The highest BCUT2D eigenvalue weighted by molar-refractivity contribution is 5.85. The largest absolute Gasteiger partial charge is 0.437 e. The molecule has 0 amide bonds. The number of oxazole rings is 1. The predicted octanol–water partition coefficient (Wildman–Crippen LogP) is 6.08. The van der Waals surface area contributed by atoms with E-state index in [1.807, 2.05) is 0 Å². The zero-order valence-corrected chi connectivity index (χ0v) is 12.0. The van der Waals surface area contributed by atoms with Gasteiger partial charge in [-0.05, 0) is 30.3 Å². The summed E-state index contributed by atoms with van der Waals surface area (Å²) >= 11 is 0. The minimum atomic E-state index is -4.84. The second-order valence-electron chi connectivity index (χ2n) is 5.01. The summed E-state index contributed by atoms with van der Waals surface area (Å²) in [6.07, 6.45) is -9.37. The molecule has 2 aromatic carbocycles. The Morgan fingerprint density at radius 3 is 2.04 bits per heavy atom. The van der Waals surface area contributed by atoms with Gasteiger partial charge in [-0.3, -0.25) is 0 Å². The van der Waals surface area contributed by atoms with E-state index in [0.717, 1.165) is 30.3 Å². The molecule has 0 fully saturated rings. The van der Waals surface area contributed by atoms with Crippen molar-refractivity contribution in [3.63, 3.8) is 0 Å². The quantitative estimate of drug-likeness (QED) is 0.391. The molecule has 3 nitrogen and oxygen atoms in total. The van der Waals surface area contributed by atoms with Gasteiger partial charge in [0.1, 0.15) is 11.1 Å². The van der Waals surface area contributed by atoms with E-state index in [2.05, 4.69) is 9.83 Å². The number of halogens is 6. The number of alkyl halides is 6. The van der Waals surface area contributed by atoms with Crippen molar-refractivity contribution in [3.8, 4) is 11.5 Å². The molecule has 0 saturated carbocycles. The average Bonchev–Trinajstić information content (AvgIpc) is 2.95. The third-order valence-corrected chi connectivity index (χ3v) is 3.40. The minimum Gasteiger partial charge on any atom is -0.437 e. The molecule has 1 aromatic heterocycles. The van der Waals surface area contributed by atoms with Crippen LogP contribution in [0.25, 0.3) is 27.4 Å². The Balaban J connectivity index is 2.15. The van der Waals surface area contributed by atoms with E-state index < -0.39 is 34.7 Å². The fourth-order valence-electron chi connectivity index (χ4n) is 2.27. The van der Waals surface area contributed by atoms with Gasteiger partial charge in [0.2, 0.25) is 11.6 Å². The maximum Gasteiger partial charge on any atom is 0.416 e. The molecule has 0 radical (unpaired) electrons. The lowest BCUT2D eigenvalue weighted by atomic mass is 10.1. The molecule has 0 aliphatic carbocycles. The number of fused-ring (bicyclic) bond motifs is 1. The first-order valence-corrected chi connectivity index (χ1v) is 6.67. The number of aromatic nitrogens is 1. The Morgan fingerprint density at radius 1 is 0.880 bits per heavy atom. The number of hydrogen-bond donors (Lipinski definition) is 0. The maximum absolute atomic E-state index is 13.2. The van der Waals surface area contributed by atoms with Crippen LogP contribution in [0.15, 0.2) is 40.8 Å². The monoisotopic (exact) mass is 356 g/mol. The normalized spacial score (nSPS) is 12.4. The van der Waals surface area contributed by atoms with Gasteiger partial charge in [0.25, 0.3) is 0 Å². The predicted molar refractivity (Wildman–Crippen MR) is 75.7 cm³/mol. The third kappa shape index (κ3) is 3.03. The van der Waals surface area contributed by atoms with Gasteiger partial charge in [0.05, 0.1) is 12.1 Å². The van der Waals surface area contributed by atoms with E-state index in [1.54, 1.807) is 0 Å². The first-order valence-electron chi connectivity index (χ1n) is 6.67. The van der Waals surface area contributed by atoms with Crippen LogP contribution in [0.5, 0.6) is 0 Å². The van der Waals surface area contributed by atoms with Crippen LogP contribution < -0.4 is 0 Å². The van der Waals surface area contributed by atoms with Gasteiger partial charge in [0, 0.05) is 5.56 Å². The molecule has 128 valence electrons. The van der Waals surface area contributed by atoms with Gasteiger partial charge in [-0.25, -0.2) is 9.83 Å². The molecule has 1 heterocycles. The SMILES string of the molecule is [C-]#[N+]c1ccc2nc(-c3ccc(C(F)(F)F)cc3)oc2c1C(F)(F)F. The smallest absolute Gasteiger partial charge is 0.416 e. The van der Waals surface area contributed by atoms with E-state index in [1.165, 1.54) is 6.07 Å². The molecule has 0 atom stereocenters. The Labute approximate surface area is 136 Å². The van der Waals surface area contributed by atoms with E-state index in [9.17, 15) is 26.3 Å². The second kappa shape index (κ2) is 5.51. The van der Waals surface area contributed by atoms with Crippen LogP contribution in [0.3, 0.4) is 0 Å². The molecule has 0 spiro atoms. The number of rotatable bonds is 1. The van der Waals surface area contributed by atoms with Crippen molar-refractivity contribution in [1.82, 2.24) is 4.98 Å². The van der Waals surface area contributed by atoms with Crippen molar-refractivity contribution in [1.29, 1.82) is 0 Å². The van der Waals surface area contributed by atoms with Gasteiger partial charge >= 0.3 is 12.4 Å². The number of hydrogen-bond acceptors (Lipinski definition) is 2. The summed E-state index contributed by atoms with van der Waals surface area (Å²) in [5.74, 6) is -0.267. The highest BCUT2D eigenvalue weighted by Gasteiger charge is 2.38. The molecule has 3 rings (SSSR count). The zero-order chi connectivity index (χ0) is 18.4.